The number of amides is 1. The van der Waals surface area contributed by atoms with Crippen LogP contribution in [0.4, 0.5) is 0 Å². The van der Waals surface area contributed by atoms with E-state index in [1.807, 2.05) is 13.0 Å². The summed E-state index contributed by atoms with van der Waals surface area (Å²) < 4.78 is 4.90. The van der Waals surface area contributed by atoms with E-state index in [1.54, 1.807) is 12.5 Å². The largest absolute Gasteiger partial charge is 0.472 e. The molecule has 2 atom stereocenters. The molecular weight excluding hydrogens is 184 g/mol. The first kappa shape index (κ1) is 10.7. The number of furan rings is 1. The normalized spacial score (nSPS) is 15.0. The summed E-state index contributed by atoms with van der Waals surface area (Å²) in [7, 11) is 0. The van der Waals surface area contributed by atoms with Crippen molar-refractivity contribution in [3.8, 4) is 0 Å². The highest BCUT2D eigenvalue weighted by atomic mass is 16.3. The van der Waals surface area contributed by atoms with E-state index in [0.29, 0.717) is 0 Å². The third kappa shape index (κ3) is 2.86. The van der Waals surface area contributed by atoms with E-state index in [4.69, 9.17) is 15.3 Å². The molecule has 78 valence electrons. The van der Waals surface area contributed by atoms with Crippen LogP contribution in [0, 0.1) is 0 Å². The third-order valence-corrected chi connectivity index (χ3v) is 1.99. The minimum absolute atomic E-state index is 0.0164. The summed E-state index contributed by atoms with van der Waals surface area (Å²) in [6.07, 6.45) is 2.02. The average Bonchev–Trinajstić information content (AvgIpc) is 2.66. The Morgan fingerprint density at radius 2 is 2.50 bits per heavy atom. The molecule has 0 spiro atoms. The fraction of sp³-hybridized carbons (Fsp3) is 0.444. The molecule has 0 radical (unpaired) electrons. The van der Waals surface area contributed by atoms with Crippen molar-refractivity contribution in [3.63, 3.8) is 0 Å². The van der Waals surface area contributed by atoms with Crippen LogP contribution in [0.2, 0.25) is 0 Å². The van der Waals surface area contributed by atoms with E-state index in [0.717, 1.165) is 5.56 Å². The Balaban J connectivity index is 2.35. The Hall–Kier alpha value is -1.33. The van der Waals surface area contributed by atoms with E-state index < -0.39 is 12.0 Å². The van der Waals surface area contributed by atoms with Crippen LogP contribution in [0.1, 0.15) is 18.5 Å². The highest BCUT2D eigenvalue weighted by molar-refractivity contribution is 5.78. The topological polar surface area (TPSA) is 88.5 Å². The minimum Gasteiger partial charge on any atom is -0.472 e. The number of hydrogen-bond donors (Lipinski definition) is 3. The number of aliphatic hydroxyl groups excluding tert-OH is 1. The molecule has 5 heteroatoms. The van der Waals surface area contributed by atoms with Crippen LogP contribution in [0.5, 0.6) is 0 Å². The van der Waals surface area contributed by atoms with Crippen molar-refractivity contribution < 1.29 is 14.3 Å². The molecule has 0 saturated carbocycles. The average molecular weight is 198 g/mol. The van der Waals surface area contributed by atoms with Crippen LogP contribution in [-0.2, 0) is 4.79 Å². The summed E-state index contributed by atoms with van der Waals surface area (Å²) >= 11 is 0. The molecule has 1 amide bonds. The first-order chi connectivity index (χ1) is 6.61. The second-order valence-corrected chi connectivity index (χ2v) is 3.10. The SMILES string of the molecule is CC(NCC(O)C(N)=O)c1ccoc1. The predicted octanol–water partition coefficient (Wildman–Crippen LogP) is -0.224. The fourth-order valence-corrected chi connectivity index (χ4v) is 1.03. The molecule has 1 aromatic rings. The van der Waals surface area contributed by atoms with Crippen molar-refractivity contribution in [1.82, 2.24) is 5.32 Å². The quantitative estimate of drug-likeness (QED) is 0.610. The van der Waals surface area contributed by atoms with Gasteiger partial charge in [-0.2, -0.15) is 0 Å². The van der Waals surface area contributed by atoms with Crippen molar-refractivity contribution in [2.24, 2.45) is 5.73 Å². The zero-order valence-corrected chi connectivity index (χ0v) is 7.93. The highest BCUT2D eigenvalue weighted by Crippen LogP contribution is 2.11. The van der Waals surface area contributed by atoms with E-state index in [-0.39, 0.29) is 12.6 Å². The lowest BCUT2D eigenvalue weighted by atomic mass is 10.2. The molecular formula is C9H14N2O3. The number of primary amides is 1. The first-order valence-electron chi connectivity index (χ1n) is 4.34. The molecule has 14 heavy (non-hydrogen) atoms. The molecule has 0 bridgehead atoms. The van der Waals surface area contributed by atoms with Gasteiger partial charge in [0.2, 0.25) is 5.91 Å². The first-order valence-corrected chi connectivity index (χ1v) is 4.34. The Labute approximate surface area is 81.9 Å². The second kappa shape index (κ2) is 4.78. The van der Waals surface area contributed by atoms with Gasteiger partial charge in [0.05, 0.1) is 12.5 Å². The molecule has 2 unspecified atom stereocenters. The molecule has 0 saturated heterocycles. The van der Waals surface area contributed by atoms with Gasteiger partial charge in [0.1, 0.15) is 6.10 Å². The summed E-state index contributed by atoms with van der Waals surface area (Å²) in [6.45, 7) is 2.04. The Bertz CT molecular complexity index is 284. The maximum Gasteiger partial charge on any atom is 0.247 e. The van der Waals surface area contributed by atoms with E-state index >= 15 is 0 Å². The summed E-state index contributed by atoms with van der Waals surface area (Å²) in [5, 5.41) is 12.1. The van der Waals surface area contributed by atoms with Crippen LogP contribution in [0.25, 0.3) is 0 Å². The van der Waals surface area contributed by atoms with Gasteiger partial charge in [-0.1, -0.05) is 0 Å². The van der Waals surface area contributed by atoms with Gasteiger partial charge in [-0.05, 0) is 13.0 Å². The number of rotatable bonds is 5. The van der Waals surface area contributed by atoms with Crippen molar-refractivity contribution >= 4 is 5.91 Å². The van der Waals surface area contributed by atoms with E-state index in [2.05, 4.69) is 5.32 Å². The molecule has 0 aliphatic heterocycles. The van der Waals surface area contributed by atoms with Crippen LogP contribution < -0.4 is 11.1 Å². The molecule has 0 aliphatic rings. The number of carbonyl (C=O) groups excluding carboxylic acids is 1. The summed E-state index contributed by atoms with van der Waals surface area (Å²) in [5.74, 6) is -0.725. The molecule has 1 aromatic heterocycles. The van der Waals surface area contributed by atoms with Crippen LogP contribution in [0.3, 0.4) is 0 Å². The Morgan fingerprint density at radius 3 is 3.00 bits per heavy atom. The van der Waals surface area contributed by atoms with Gasteiger partial charge in [-0.25, -0.2) is 0 Å². The second-order valence-electron chi connectivity index (χ2n) is 3.10. The molecule has 4 N–H and O–H groups in total. The monoisotopic (exact) mass is 198 g/mol. The van der Waals surface area contributed by atoms with Crippen molar-refractivity contribution in [2.75, 3.05) is 6.54 Å². The van der Waals surface area contributed by atoms with Crippen LogP contribution in [0.15, 0.2) is 23.0 Å². The van der Waals surface area contributed by atoms with Crippen molar-refractivity contribution in [3.05, 3.63) is 24.2 Å². The number of hydrogen-bond acceptors (Lipinski definition) is 4. The lowest BCUT2D eigenvalue weighted by Gasteiger charge is -2.13. The minimum atomic E-state index is -1.15. The van der Waals surface area contributed by atoms with Crippen LogP contribution >= 0.6 is 0 Å². The Kier molecular flexibility index (Phi) is 3.67. The van der Waals surface area contributed by atoms with Gasteiger partial charge in [-0.3, -0.25) is 4.79 Å². The van der Waals surface area contributed by atoms with Crippen LogP contribution in [-0.4, -0.2) is 23.7 Å². The number of nitrogens with one attached hydrogen (secondary N) is 1. The number of aliphatic hydroxyl groups is 1. The maximum atomic E-state index is 10.5. The summed E-state index contributed by atoms with van der Waals surface area (Å²) in [5.41, 5.74) is 5.85. The molecule has 0 fully saturated rings. The molecule has 5 nitrogen and oxygen atoms in total. The lowest BCUT2D eigenvalue weighted by Crippen LogP contribution is -2.38. The Morgan fingerprint density at radius 1 is 1.79 bits per heavy atom. The summed E-state index contributed by atoms with van der Waals surface area (Å²) in [6, 6.07) is 1.83. The maximum absolute atomic E-state index is 10.5. The number of carbonyl (C=O) groups is 1. The van der Waals surface area contributed by atoms with Gasteiger partial charge in [0.25, 0.3) is 0 Å². The fourth-order valence-electron chi connectivity index (χ4n) is 1.03. The predicted molar refractivity (Wildman–Crippen MR) is 50.3 cm³/mol. The van der Waals surface area contributed by atoms with Gasteiger partial charge < -0.3 is 20.6 Å². The van der Waals surface area contributed by atoms with Gasteiger partial charge in [-0.15, -0.1) is 0 Å². The van der Waals surface area contributed by atoms with Crippen molar-refractivity contribution in [1.29, 1.82) is 0 Å². The number of nitrogens with two attached hydrogens (primary N) is 1. The molecule has 1 rings (SSSR count). The zero-order valence-electron chi connectivity index (χ0n) is 7.93. The zero-order chi connectivity index (χ0) is 10.6. The van der Waals surface area contributed by atoms with E-state index in [1.165, 1.54) is 0 Å². The van der Waals surface area contributed by atoms with Crippen molar-refractivity contribution in [2.45, 2.75) is 19.1 Å². The third-order valence-electron chi connectivity index (χ3n) is 1.99. The molecule has 1 heterocycles. The molecule has 0 aromatic carbocycles. The van der Waals surface area contributed by atoms with Gasteiger partial charge >= 0.3 is 0 Å². The smallest absolute Gasteiger partial charge is 0.247 e. The lowest BCUT2D eigenvalue weighted by molar-refractivity contribution is -0.125. The van der Waals surface area contributed by atoms with Gasteiger partial charge in [0.15, 0.2) is 0 Å². The standard InChI is InChI=1S/C9H14N2O3/c1-6(7-2-3-14-5-7)11-4-8(12)9(10)13/h2-3,5-6,8,11-12H,4H2,1H3,(H2,10,13). The highest BCUT2D eigenvalue weighted by Gasteiger charge is 2.13. The summed E-state index contributed by atoms with van der Waals surface area (Å²) in [4.78, 5) is 10.5. The van der Waals surface area contributed by atoms with Gasteiger partial charge in [0, 0.05) is 18.2 Å². The molecule has 0 aliphatic carbocycles. The van der Waals surface area contributed by atoms with E-state index in [9.17, 15) is 4.79 Å².